The van der Waals surface area contributed by atoms with Crippen LogP contribution in [0.25, 0.3) is 0 Å². The molecule has 1 aromatic heterocycles. The lowest BCUT2D eigenvalue weighted by Gasteiger charge is -2.15. The fraction of sp³-hybridized carbons (Fsp3) is 0.500. The maximum absolute atomic E-state index is 11.2. The van der Waals surface area contributed by atoms with Crippen LogP contribution < -0.4 is 5.32 Å². The molecule has 0 spiro atoms. The van der Waals surface area contributed by atoms with Crippen molar-refractivity contribution < 1.29 is 4.79 Å². The molecule has 0 saturated heterocycles. The summed E-state index contributed by atoms with van der Waals surface area (Å²) in [6, 6.07) is 1.96. The van der Waals surface area contributed by atoms with Gasteiger partial charge in [0.2, 0.25) is 0 Å². The van der Waals surface area contributed by atoms with E-state index in [4.69, 9.17) is 0 Å². The highest BCUT2D eigenvalue weighted by Gasteiger charge is 2.17. The number of thiophene rings is 1. The van der Waals surface area contributed by atoms with Crippen LogP contribution in [0, 0.1) is 0 Å². The molecule has 0 aliphatic carbocycles. The molecule has 0 aromatic carbocycles. The Labute approximate surface area is 83.0 Å². The number of rotatable bonds is 1. The van der Waals surface area contributed by atoms with Gasteiger partial charge in [0.15, 0.2) is 0 Å². The maximum atomic E-state index is 11.2. The van der Waals surface area contributed by atoms with Gasteiger partial charge in [0, 0.05) is 17.3 Å². The van der Waals surface area contributed by atoms with E-state index in [1.54, 1.807) is 18.4 Å². The fourth-order valence-corrected chi connectivity index (χ4v) is 1.97. The van der Waals surface area contributed by atoms with Crippen LogP contribution in [-0.2, 0) is 5.41 Å². The predicted octanol–water partition coefficient (Wildman–Crippen LogP) is 2.41. The minimum absolute atomic E-state index is 0.00764. The summed E-state index contributed by atoms with van der Waals surface area (Å²) in [6.45, 7) is 6.44. The molecular formula is C10H15NOS. The molecule has 0 aliphatic rings. The Morgan fingerprint density at radius 3 is 2.46 bits per heavy atom. The molecule has 0 fully saturated rings. The Kier molecular flexibility index (Phi) is 2.76. The fourth-order valence-electron chi connectivity index (χ4n) is 0.993. The third-order valence-electron chi connectivity index (χ3n) is 1.83. The van der Waals surface area contributed by atoms with Crippen molar-refractivity contribution in [1.29, 1.82) is 0 Å². The van der Waals surface area contributed by atoms with Gasteiger partial charge in [-0.05, 0) is 11.5 Å². The molecule has 3 heteroatoms. The van der Waals surface area contributed by atoms with Crippen molar-refractivity contribution in [2.75, 3.05) is 7.05 Å². The van der Waals surface area contributed by atoms with Gasteiger partial charge in [-0.3, -0.25) is 4.79 Å². The highest BCUT2D eigenvalue weighted by atomic mass is 32.1. The van der Waals surface area contributed by atoms with Crippen molar-refractivity contribution >= 4 is 17.2 Å². The van der Waals surface area contributed by atoms with Gasteiger partial charge in [-0.1, -0.05) is 20.8 Å². The third-order valence-corrected chi connectivity index (χ3v) is 3.18. The number of hydrogen-bond acceptors (Lipinski definition) is 2. The van der Waals surface area contributed by atoms with Crippen LogP contribution in [-0.4, -0.2) is 13.0 Å². The average molecular weight is 197 g/mol. The first kappa shape index (κ1) is 10.3. The average Bonchev–Trinajstić information content (AvgIpc) is 2.50. The minimum atomic E-state index is -0.00764. The van der Waals surface area contributed by atoms with Crippen molar-refractivity contribution in [1.82, 2.24) is 5.32 Å². The summed E-state index contributed by atoms with van der Waals surface area (Å²) in [5, 5.41) is 4.52. The van der Waals surface area contributed by atoms with E-state index in [-0.39, 0.29) is 11.3 Å². The largest absolute Gasteiger partial charge is 0.355 e. The zero-order valence-electron chi connectivity index (χ0n) is 8.47. The normalized spacial score (nSPS) is 11.4. The zero-order chi connectivity index (χ0) is 10.1. The molecule has 1 heterocycles. The van der Waals surface area contributed by atoms with E-state index in [9.17, 15) is 4.79 Å². The second-order valence-corrected chi connectivity index (χ2v) is 4.94. The molecule has 1 rings (SSSR count). The highest BCUT2D eigenvalue weighted by Crippen LogP contribution is 2.28. The van der Waals surface area contributed by atoms with Crippen LogP contribution in [0.5, 0.6) is 0 Å². The molecular weight excluding hydrogens is 182 g/mol. The molecule has 1 amide bonds. The minimum Gasteiger partial charge on any atom is -0.355 e. The number of carbonyl (C=O) groups excluding carboxylic acids is 1. The van der Waals surface area contributed by atoms with Crippen molar-refractivity contribution in [2.45, 2.75) is 26.2 Å². The van der Waals surface area contributed by atoms with Gasteiger partial charge in [0.1, 0.15) is 0 Å². The Hall–Kier alpha value is -0.830. The first-order valence-corrected chi connectivity index (χ1v) is 5.14. The van der Waals surface area contributed by atoms with Crippen LogP contribution in [0.2, 0.25) is 0 Å². The lowest BCUT2D eigenvalue weighted by Crippen LogP contribution is -2.17. The van der Waals surface area contributed by atoms with Crippen LogP contribution in [0.1, 0.15) is 36.0 Å². The summed E-state index contributed by atoms with van der Waals surface area (Å²) in [4.78, 5) is 12.5. The maximum Gasteiger partial charge on any atom is 0.251 e. The monoisotopic (exact) mass is 197 g/mol. The van der Waals surface area contributed by atoms with Crippen LogP contribution in [0.15, 0.2) is 11.4 Å². The molecule has 1 aromatic rings. The van der Waals surface area contributed by atoms with E-state index in [0.717, 1.165) is 5.56 Å². The van der Waals surface area contributed by atoms with E-state index in [1.165, 1.54) is 4.88 Å². The Morgan fingerprint density at radius 2 is 2.08 bits per heavy atom. The number of amides is 1. The molecule has 13 heavy (non-hydrogen) atoms. The molecule has 0 atom stereocenters. The summed E-state index contributed by atoms with van der Waals surface area (Å²) in [5.74, 6) is -0.00764. The predicted molar refractivity (Wildman–Crippen MR) is 56.4 cm³/mol. The quantitative estimate of drug-likeness (QED) is 0.736. The Balaban J connectivity index is 2.93. The second-order valence-electron chi connectivity index (χ2n) is 4.03. The van der Waals surface area contributed by atoms with Crippen molar-refractivity contribution in [3.8, 4) is 0 Å². The van der Waals surface area contributed by atoms with Gasteiger partial charge in [0.25, 0.3) is 5.91 Å². The number of carbonyl (C=O) groups is 1. The molecule has 0 unspecified atom stereocenters. The van der Waals surface area contributed by atoms with Gasteiger partial charge in [-0.15, -0.1) is 11.3 Å². The zero-order valence-corrected chi connectivity index (χ0v) is 9.29. The molecule has 2 nitrogen and oxygen atoms in total. The van der Waals surface area contributed by atoms with Crippen molar-refractivity contribution in [3.63, 3.8) is 0 Å². The summed E-state index contributed by atoms with van der Waals surface area (Å²) < 4.78 is 0. The lowest BCUT2D eigenvalue weighted by molar-refractivity contribution is 0.0963. The van der Waals surface area contributed by atoms with Crippen LogP contribution in [0.3, 0.4) is 0 Å². The smallest absolute Gasteiger partial charge is 0.251 e. The highest BCUT2D eigenvalue weighted by molar-refractivity contribution is 7.10. The van der Waals surface area contributed by atoms with Crippen molar-refractivity contribution in [2.24, 2.45) is 0 Å². The van der Waals surface area contributed by atoms with Gasteiger partial charge >= 0.3 is 0 Å². The molecule has 0 saturated carbocycles. The number of nitrogens with one attached hydrogen (secondary N) is 1. The Morgan fingerprint density at radius 1 is 1.46 bits per heavy atom. The molecule has 72 valence electrons. The Bertz CT molecular complexity index is 309. The molecule has 1 N–H and O–H groups in total. The molecule has 0 radical (unpaired) electrons. The van der Waals surface area contributed by atoms with Gasteiger partial charge in [-0.2, -0.15) is 0 Å². The number of hydrogen-bond donors (Lipinski definition) is 1. The summed E-state index contributed by atoms with van der Waals surface area (Å²) in [5.41, 5.74) is 0.897. The summed E-state index contributed by atoms with van der Waals surface area (Å²) in [6.07, 6.45) is 0. The van der Waals surface area contributed by atoms with Gasteiger partial charge in [0.05, 0.1) is 5.56 Å². The molecule has 0 bridgehead atoms. The van der Waals surface area contributed by atoms with E-state index in [0.29, 0.717) is 0 Å². The van der Waals surface area contributed by atoms with E-state index in [2.05, 4.69) is 26.1 Å². The summed E-state index contributed by atoms with van der Waals surface area (Å²) in [7, 11) is 1.65. The second kappa shape index (κ2) is 3.50. The topological polar surface area (TPSA) is 29.1 Å². The molecule has 0 aliphatic heterocycles. The third kappa shape index (κ3) is 2.31. The van der Waals surface area contributed by atoms with Crippen molar-refractivity contribution in [3.05, 3.63) is 21.9 Å². The summed E-state index contributed by atoms with van der Waals surface area (Å²) >= 11 is 1.64. The lowest BCUT2D eigenvalue weighted by atomic mass is 9.94. The van der Waals surface area contributed by atoms with Gasteiger partial charge < -0.3 is 5.32 Å². The SMILES string of the molecule is CNC(=O)c1csc(C(C)(C)C)c1. The van der Waals surface area contributed by atoms with E-state index >= 15 is 0 Å². The van der Waals surface area contributed by atoms with Crippen LogP contribution in [0.4, 0.5) is 0 Å². The standard InChI is InChI=1S/C10H15NOS/c1-10(2,3)8-5-7(6-13-8)9(12)11-4/h5-6H,1-4H3,(H,11,12). The van der Waals surface area contributed by atoms with E-state index in [1.807, 2.05) is 11.4 Å². The first-order valence-electron chi connectivity index (χ1n) is 4.26. The van der Waals surface area contributed by atoms with E-state index < -0.39 is 0 Å². The first-order chi connectivity index (χ1) is 5.95. The van der Waals surface area contributed by atoms with Crippen LogP contribution >= 0.6 is 11.3 Å². The van der Waals surface area contributed by atoms with Gasteiger partial charge in [-0.25, -0.2) is 0 Å².